The zero-order chi connectivity index (χ0) is 30.7. The Morgan fingerprint density at radius 3 is 2.23 bits per heavy atom. The monoisotopic (exact) mass is 586 g/mol. The van der Waals surface area contributed by atoms with Gasteiger partial charge in [-0.25, -0.2) is 10.1 Å². The van der Waals surface area contributed by atoms with Crippen LogP contribution in [0.2, 0.25) is 0 Å². The van der Waals surface area contributed by atoms with E-state index in [0.29, 0.717) is 23.6 Å². The highest BCUT2D eigenvalue weighted by Gasteiger charge is 2.18. The van der Waals surface area contributed by atoms with Crippen LogP contribution < -0.4 is 20.8 Å². The molecular weight excluding hydrogens is 556 g/mol. The number of hydrogen-bond donors (Lipinski definition) is 3. The Balaban J connectivity index is 1.29. The van der Waals surface area contributed by atoms with Crippen molar-refractivity contribution in [3.05, 3.63) is 127 Å². The van der Waals surface area contributed by atoms with Gasteiger partial charge < -0.3 is 15.4 Å². The fourth-order valence-electron chi connectivity index (χ4n) is 4.25. The Labute approximate surface area is 254 Å². The van der Waals surface area contributed by atoms with Gasteiger partial charge in [-0.15, -0.1) is 0 Å². The normalized spacial score (nSPS) is 10.8. The standard InChI is InChI=1S/C34H30N6O4/c1-2-21-44-28-19-17-24(18-20-28)31-25(23-40(39-31)27-13-7-4-8-14-27)22-35-38-34(43)33(42)37-30-16-10-9-15-29(30)32(41)36-26-11-5-3-6-12-26/h3-20,22-23H,2,21H2,1H3,(H,36,41)(H,37,42)(H,38,43). The van der Waals surface area contributed by atoms with E-state index in [-0.39, 0.29) is 11.3 Å². The number of anilines is 2. The van der Waals surface area contributed by atoms with Gasteiger partial charge in [0.25, 0.3) is 5.91 Å². The summed E-state index contributed by atoms with van der Waals surface area (Å²) in [4.78, 5) is 38.2. The third-order valence-corrected chi connectivity index (χ3v) is 6.39. The smallest absolute Gasteiger partial charge is 0.329 e. The highest BCUT2D eigenvalue weighted by molar-refractivity contribution is 6.40. The van der Waals surface area contributed by atoms with Crippen molar-refractivity contribution in [2.24, 2.45) is 5.10 Å². The fraction of sp³-hybridized carbons (Fsp3) is 0.0882. The van der Waals surface area contributed by atoms with Gasteiger partial charge in [-0.3, -0.25) is 14.4 Å². The molecule has 0 atom stereocenters. The van der Waals surface area contributed by atoms with E-state index in [9.17, 15) is 14.4 Å². The molecule has 44 heavy (non-hydrogen) atoms. The largest absolute Gasteiger partial charge is 0.494 e. The molecule has 0 saturated carbocycles. The van der Waals surface area contributed by atoms with Crippen LogP contribution in [0.15, 0.2) is 120 Å². The van der Waals surface area contributed by atoms with Crippen LogP contribution in [0, 0.1) is 0 Å². The number of amides is 3. The number of hydrazone groups is 1. The van der Waals surface area contributed by atoms with Crippen molar-refractivity contribution >= 4 is 35.3 Å². The lowest BCUT2D eigenvalue weighted by molar-refractivity contribution is -0.136. The number of carbonyl (C=O) groups excluding carboxylic acids is 3. The van der Waals surface area contributed by atoms with Crippen LogP contribution in [-0.2, 0) is 9.59 Å². The third-order valence-electron chi connectivity index (χ3n) is 6.39. The van der Waals surface area contributed by atoms with E-state index in [1.165, 1.54) is 12.3 Å². The lowest BCUT2D eigenvalue weighted by Crippen LogP contribution is -2.33. The zero-order valence-electron chi connectivity index (χ0n) is 23.9. The first-order valence-electron chi connectivity index (χ1n) is 14.0. The second-order valence-corrected chi connectivity index (χ2v) is 9.60. The van der Waals surface area contributed by atoms with E-state index in [2.05, 4.69) is 21.2 Å². The Hall–Kier alpha value is -6.03. The van der Waals surface area contributed by atoms with Gasteiger partial charge in [0, 0.05) is 23.0 Å². The number of carbonyl (C=O) groups is 3. The number of aromatic nitrogens is 2. The minimum Gasteiger partial charge on any atom is -0.494 e. The summed E-state index contributed by atoms with van der Waals surface area (Å²) in [5.41, 5.74) is 6.14. The number of para-hydroxylation sites is 3. The topological polar surface area (TPSA) is 127 Å². The van der Waals surface area contributed by atoms with Gasteiger partial charge >= 0.3 is 11.8 Å². The Bertz CT molecular complexity index is 1770. The van der Waals surface area contributed by atoms with Gasteiger partial charge in [-0.1, -0.05) is 55.5 Å². The maximum absolute atomic E-state index is 12.8. The van der Waals surface area contributed by atoms with Crippen LogP contribution in [0.1, 0.15) is 29.3 Å². The molecule has 1 aromatic heterocycles. The first kappa shape index (κ1) is 29.5. The molecular formula is C34H30N6O4. The molecule has 0 bridgehead atoms. The summed E-state index contributed by atoms with van der Waals surface area (Å²) < 4.78 is 7.41. The van der Waals surface area contributed by atoms with Gasteiger partial charge in [-0.2, -0.15) is 10.2 Å². The predicted molar refractivity (Wildman–Crippen MR) is 170 cm³/mol. The molecule has 220 valence electrons. The third kappa shape index (κ3) is 7.42. The second kappa shape index (κ2) is 14.2. The number of nitrogens with one attached hydrogen (secondary N) is 3. The van der Waals surface area contributed by atoms with E-state index in [1.807, 2.05) is 67.6 Å². The van der Waals surface area contributed by atoms with E-state index < -0.39 is 17.7 Å². The van der Waals surface area contributed by atoms with E-state index in [4.69, 9.17) is 9.84 Å². The first-order chi connectivity index (χ1) is 21.5. The van der Waals surface area contributed by atoms with Crippen LogP contribution in [-0.4, -0.2) is 40.3 Å². The number of nitrogens with zero attached hydrogens (tertiary/aromatic N) is 3. The molecule has 5 rings (SSSR count). The molecule has 10 nitrogen and oxygen atoms in total. The highest BCUT2D eigenvalue weighted by Crippen LogP contribution is 2.25. The first-order valence-corrected chi connectivity index (χ1v) is 14.0. The lowest BCUT2D eigenvalue weighted by Gasteiger charge is -2.11. The molecule has 10 heteroatoms. The van der Waals surface area contributed by atoms with Gasteiger partial charge in [0.05, 0.1) is 29.8 Å². The van der Waals surface area contributed by atoms with Gasteiger partial charge in [-0.05, 0) is 67.1 Å². The highest BCUT2D eigenvalue weighted by atomic mass is 16.5. The molecule has 4 aromatic carbocycles. The number of benzene rings is 4. The molecule has 0 fully saturated rings. The van der Waals surface area contributed by atoms with Crippen LogP contribution in [0.3, 0.4) is 0 Å². The van der Waals surface area contributed by atoms with Crippen molar-refractivity contribution in [2.75, 3.05) is 17.2 Å². The molecule has 0 aliphatic rings. The van der Waals surface area contributed by atoms with E-state index in [0.717, 1.165) is 23.4 Å². The van der Waals surface area contributed by atoms with Crippen LogP contribution in [0.4, 0.5) is 11.4 Å². The van der Waals surface area contributed by atoms with Crippen molar-refractivity contribution in [1.29, 1.82) is 0 Å². The van der Waals surface area contributed by atoms with Gasteiger partial charge in [0.15, 0.2) is 0 Å². The number of rotatable bonds is 10. The quantitative estimate of drug-likeness (QED) is 0.110. The zero-order valence-corrected chi connectivity index (χ0v) is 23.9. The summed E-state index contributed by atoms with van der Waals surface area (Å²) in [6.07, 6.45) is 4.11. The Morgan fingerprint density at radius 2 is 1.50 bits per heavy atom. The minimum absolute atomic E-state index is 0.183. The van der Waals surface area contributed by atoms with Crippen molar-refractivity contribution in [3.8, 4) is 22.7 Å². The molecule has 1 heterocycles. The van der Waals surface area contributed by atoms with Gasteiger partial charge in [0.1, 0.15) is 11.4 Å². The summed E-state index contributed by atoms with van der Waals surface area (Å²) in [7, 11) is 0. The molecule has 5 aromatic rings. The SMILES string of the molecule is CCCOc1ccc(-c2nn(-c3ccccc3)cc2C=NNC(=O)C(=O)Nc2ccccc2C(=O)Nc2ccccc2)cc1. The molecule has 0 saturated heterocycles. The second-order valence-electron chi connectivity index (χ2n) is 9.60. The molecule has 0 aliphatic carbocycles. The van der Waals surface area contributed by atoms with Crippen LogP contribution in [0.5, 0.6) is 5.75 Å². The fourth-order valence-corrected chi connectivity index (χ4v) is 4.25. The number of ether oxygens (including phenoxy) is 1. The van der Waals surface area contributed by atoms with E-state index >= 15 is 0 Å². The maximum Gasteiger partial charge on any atom is 0.329 e. The number of hydrogen-bond acceptors (Lipinski definition) is 6. The molecule has 0 spiro atoms. The minimum atomic E-state index is -1.01. The van der Waals surface area contributed by atoms with Crippen molar-refractivity contribution in [3.63, 3.8) is 0 Å². The summed E-state index contributed by atoms with van der Waals surface area (Å²) >= 11 is 0. The summed E-state index contributed by atoms with van der Waals surface area (Å²) in [5, 5.41) is 14.0. The summed E-state index contributed by atoms with van der Waals surface area (Å²) in [6, 6.07) is 32.4. The summed E-state index contributed by atoms with van der Waals surface area (Å²) in [5.74, 6) is -1.66. The Kier molecular flexibility index (Phi) is 9.53. The van der Waals surface area contributed by atoms with Crippen LogP contribution in [0.25, 0.3) is 16.9 Å². The Morgan fingerprint density at radius 1 is 0.818 bits per heavy atom. The lowest BCUT2D eigenvalue weighted by atomic mass is 10.1. The molecule has 0 unspecified atom stereocenters. The van der Waals surface area contributed by atoms with Crippen molar-refractivity contribution in [1.82, 2.24) is 15.2 Å². The van der Waals surface area contributed by atoms with E-state index in [1.54, 1.807) is 53.3 Å². The van der Waals surface area contributed by atoms with Crippen molar-refractivity contribution < 1.29 is 19.1 Å². The molecule has 3 amide bonds. The van der Waals surface area contributed by atoms with Crippen molar-refractivity contribution in [2.45, 2.75) is 13.3 Å². The average molecular weight is 587 g/mol. The average Bonchev–Trinajstić information content (AvgIpc) is 3.49. The maximum atomic E-state index is 12.8. The van der Waals surface area contributed by atoms with Crippen LogP contribution >= 0.6 is 0 Å². The molecule has 3 N–H and O–H groups in total. The molecule has 0 radical (unpaired) electrons. The molecule has 0 aliphatic heterocycles. The predicted octanol–water partition coefficient (Wildman–Crippen LogP) is 5.67. The summed E-state index contributed by atoms with van der Waals surface area (Å²) in [6.45, 7) is 2.67. The van der Waals surface area contributed by atoms with Gasteiger partial charge in [0.2, 0.25) is 0 Å².